The highest BCUT2D eigenvalue weighted by molar-refractivity contribution is 7.89. The smallest absolute Gasteiger partial charge is 0.258 e. The molecule has 1 aromatic heterocycles. The summed E-state index contributed by atoms with van der Waals surface area (Å²) in [6, 6.07) is 13.4. The maximum atomic E-state index is 12.6. The van der Waals surface area contributed by atoms with Gasteiger partial charge in [-0.1, -0.05) is 32.0 Å². The Kier molecular flexibility index (Phi) is 5.06. The number of benzene rings is 2. The van der Waals surface area contributed by atoms with Crippen molar-refractivity contribution in [2.24, 2.45) is 0 Å². The number of aromatic amines is 1. The number of para-hydroxylation sites is 2. The first-order valence-electron chi connectivity index (χ1n) is 8.32. The normalized spacial score (nSPS) is 11.8. The Bertz CT molecular complexity index is 1010. The van der Waals surface area contributed by atoms with Crippen molar-refractivity contribution in [3.05, 3.63) is 54.1 Å². The third-order valence-corrected chi connectivity index (χ3v) is 6.11. The molecule has 0 unspecified atom stereocenters. The number of rotatable bonds is 6. The molecule has 0 bridgehead atoms. The number of nitrogens with zero attached hydrogens (tertiary/aromatic N) is 2. The minimum atomic E-state index is -3.62. The number of carbonyl (C=O) groups excluding carboxylic acids is 1. The monoisotopic (exact) mass is 372 g/mol. The van der Waals surface area contributed by atoms with Crippen molar-refractivity contribution in [1.29, 1.82) is 0 Å². The maximum absolute atomic E-state index is 12.6. The van der Waals surface area contributed by atoms with Crippen molar-refractivity contribution in [1.82, 2.24) is 14.3 Å². The lowest BCUT2D eigenvalue weighted by molar-refractivity contribution is 0.102. The standard InChI is InChI=1S/C18H20N4O3S/c1-3-22(4-2)26(24,25)14-9-7-8-13(12-14)17(23)21-18-19-15-10-5-6-11-16(15)20-18/h5-12H,3-4H2,1-2H3,(H2,19,20,21,23). The summed E-state index contributed by atoms with van der Waals surface area (Å²) in [6.07, 6.45) is 0. The van der Waals surface area contributed by atoms with Crippen LogP contribution in [0, 0.1) is 0 Å². The molecule has 0 saturated carbocycles. The molecular weight excluding hydrogens is 352 g/mol. The second-order valence-corrected chi connectivity index (χ2v) is 7.61. The molecule has 0 radical (unpaired) electrons. The van der Waals surface area contributed by atoms with Crippen molar-refractivity contribution in [3.63, 3.8) is 0 Å². The highest BCUT2D eigenvalue weighted by Gasteiger charge is 2.22. The Morgan fingerprint density at radius 1 is 1.12 bits per heavy atom. The van der Waals surface area contributed by atoms with Crippen molar-refractivity contribution < 1.29 is 13.2 Å². The Labute approximate surface area is 152 Å². The zero-order chi connectivity index (χ0) is 18.7. The summed E-state index contributed by atoms with van der Waals surface area (Å²) in [5, 5.41) is 2.67. The van der Waals surface area contributed by atoms with Gasteiger partial charge in [-0.25, -0.2) is 13.4 Å². The van der Waals surface area contributed by atoms with Gasteiger partial charge in [0.1, 0.15) is 0 Å². The van der Waals surface area contributed by atoms with E-state index in [1.165, 1.54) is 16.4 Å². The maximum Gasteiger partial charge on any atom is 0.258 e. The number of fused-ring (bicyclic) bond motifs is 1. The summed E-state index contributed by atoms with van der Waals surface area (Å²) in [5.74, 6) is -0.117. The van der Waals surface area contributed by atoms with E-state index in [0.717, 1.165) is 11.0 Å². The van der Waals surface area contributed by atoms with Gasteiger partial charge in [-0.3, -0.25) is 10.1 Å². The molecular formula is C18H20N4O3S. The van der Waals surface area contributed by atoms with Crippen molar-refractivity contribution >= 4 is 32.9 Å². The number of hydrogen-bond acceptors (Lipinski definition) is 4. The number of imidazole rings is 1. The van der Waals surface area contributed by atoms with Gasteiger partial charge in [-0.05, 0) is 30.3 Å². The fourth-order valence-electron chi connectivity index (χ4n) is 2.70. The van der Waals surface area contributed by atoms with Gasteiger partial charge in [0, 0.05) is 18.7 Å². The summed E-state index contributed by atoms with van der Waals surface area (Å²) in [7, 11) is -3.62. The average Bonchev–Trinajstić information content (AvgIpc) is 3.05. The molecule has 0 spiro atoms. The number of sulfonamides is 1. The fraction of sp³-hybridized carbons (Fsp3) is 0.222. The van der Waals surface area contributed by atoms with E-state index in [4.69, 9.17) is 0 Å². The second-order valence-electron chi connectivity index (χ2n) is 5.67. The van der Waals surface area contributed by atoms with Crippen LogP contribution in [0.25, 0.3) is 11.0 Å². The molecule has 1 heterocycles. The Balaban J connectivity index is 1.86. The predicted octanol–water partition coefficient (Wildman–Crippen LogP) is 2.85. The highest BCUT2D eigenvalue weighted by atomic mass is 32.2. The molecule has 0 saturated heterocycles. The lowest BCUT2D eigenvalue weighted by Gasteiger charge is -2.18. The number of anilines is 1. The number of hydrogen-bond donors (Lipinski definition) is 2. The average molecular weight is 372 g/mol. The largest absolute Gasteiger partial charge is 0.324 e. The second kappa shape index (κ2) is 7.27. The van der Waals surface area contributed by atoms with E-state index in [-0.39, 0.29) is 10.5 Å². The van der Waals surface area contributed by atoms with Crippen LogP contribution in [0.5, 0.6) is 0 Å². The number of carbonyl (C=O) groups is 1. The number of nitrogens with one attached hydrogen (secondary N) is 2. The predicted molar refractivity (Wildman–Crippen MR) is 101 cm³/mol. The molecule has 1 amide bonds. The Hall–Kier alpha value is -2.71. The number of aromatic nitrogens is 2. The lowest BCUT2D eigenvalue weighted by Crippen LogP contribution is -2.30. The van der Waals surface area contributed by atoms with Gasteiger partial charge in [0.2, 0.25) is 16.0 Å². The zero-order valence-electron chi connectivity index (χ0n) is 14.6. The third-order valence-electron chi connectivity index (χ3n) is 4.06. The van der Waals surface area contributed by atoms with E-state index in [2.05, 4.69) is 15.3 Å². The van der Waals surface area contributed by atoms with Crippen LogP contribution in [0.15, 0.2) is 53.4 Å². The van der Waals surface area contributed by atoms with E-state index in [1.807, 2.05) is 24.3 Å². The molecule has 3 rings (SSSR count). The minimum absolute atomic E-state index is 0.0958. The van der Waals surface area contributed by atoms with Crippen LogP contribution in [0.3, 0.4) is 0 Å². The number of H-pyrrole nitrogens is 1. The molecule has 0 aliphatic rings. The summed E-state index contributed by atoms with van der Waals surface area (Å²) in [5.41, 5.74) is 1.79. The van der Waals surface area contributed by atoms with E-state index in [9.17, 15) is 13.2 Å². The molecule has 7 nitrogen and oxygen atoms in total. The van der Waals surface area contributed by atoms with Crippen molar-refractivity contribution in [3.8, 4) is 0 Å². The van der Waals surface area contributed by atoms with Crippen molar-refractivity contribution in [2.75, 3.05) is 18.4 Å². The number of amides is 1. The van der Waals surface area contributed by atoms with Crippen LogP contribution < -0.4 is 5.32 Å². The summed E-state index contributed by atoms with van der Waals surface area (Å²) >= 11 is 0. The van der Waals surface area contributed by atoms with Crippen LogP contribution in [-0.4, -0.2) is 41.7 Å². The SMILES string of the molecule is CCN(CC)S(=O)(=O)c1cccc(C(=O)Nc2nc3ccccc3[nH]2)c1. The quantitative estimate of drug-likeness (QED) is 0.695. The highest BCUT2D eigenvalue weighted by Crippen LogP contribution is 2.18. The first-order chi connectivity index (χ1) is 12.5. The molecule has 8 heteroatoms. The minimum Gasteiger partial charge on any atom is -0.324 e. The Morgan fingerprint density at radius 2 is 1.85 bits per heavy atom. The molecule has 2 N–H and O–H groups in total. The van der Waals surface area contributed by atoms with Gasteiger partial charge in [-0.2, -0.15) is 4.31 Å². The van der Waals surface area contributed by atoms with Gasteiger partial charge < -0.3 is 4.98 Å². The van der Waals surface area contributed by atoms with Crippen LogP contribution in [0.4, 0.5) is 5.95 Å². The fourth-order valence-corrected chi connectivity index (χ4v) is 4.21. The molecule has 0 fully saturated rings. The van der Waals surface area contributed by atoms with Crippen LogP contribution in [0.1, 0.15) is 24.2 Å². The zero-order valence-corrected chi connectivity index (χ0v) is 15.4. The van der Waals surface area contributed by atoms with Crippen LogP contribution in [0.2, 0.25) is 0 Å². The first-order valence-corrected chi connectivity index (χ1v) is 9.76. The van der Waals surface area contributed by atoms with Gasteiger partial charge in [0.15, 0.2) is 0 Å². The van der Waals surface area contributed by atoms with Crippen LogP contribution in [-0.2, 0) is 10.0 Å². The molecule has 2 aromatic carbocycles. The first kappa shape index (κ1) is 18.1. The topological polar surface area (TPSA) is 95.2 Å². The van der Waals surface area contributed by atoms with E-state index >= 15 is 0 Å². The van der Waals surface area contributed by atoms with Gasteiger partial charge >= 0.3 is 0 Å². The lowest BCUT2D eigenvalue weighted by atomic mass is 10.2. The van der Waals surface area contributed by atoms with Gasteiger partial charge in [0.05, 0.1) is 15.9 Å². The summed E-state index contributed by atoms with van der Waals surface area (Å²) in [4.78, 5) is 19.9. The van der Waals surface area contributed by atoms with Gasteiger partial charge in [0.25, 0.3) is 5.91 Å². The molecule has 0 aliphatic carbocycles. The molecule has 136 valence electrons. The van der Waals surface area contributed by atoms with Gasteiger partial charge in [-0.15, -0.1) is 0 Å². The van der Waals surface area contributed by atoms with Crippen molar-refractivity contribution in [2.45, 2.75) is 18.7 Å². The molecule has 26 heavy (non-hydrogen) atoms. The molecule has 0 atom stereocenters. The van der Waals surface area contributed by atoms with E-state index in [0.29, 0.717) is 19.0 Å². The van der Waals surface area contributed by atoms with E-state index < -0.39 is 15.9 Å². The summed E-state index contributed by atoms with van der Waals surface area (Å²) in [6.45, 7) is 4.29. The third kappa shape index (κ3) is 3.47. The summed E-state index contributed by atoms with van der Waals surface area (Å²) < 4.78 is 26.6. The molecule has 3 aromatic rings. The van der Waals surface area contributed by atoms with Crippen LogP contribution >= 0.6 is 0 Å². The van der Waals surface area contributed by atoms with E-state index in [1.54, 1.807) is 26.0 Å². The Morgan fingerprint density at radius 3 is 2.54 bits per heavy atom. The molecule has 0 aliphatic heterocycles.